The number of likely N-dealkylation sites (tertiary alicyclic amines) is 1. The van der Waals surface area contributed by atoms with Gasteiger partial charge in [0.05, 0.1) is 17.9 Å². The van der Waals surface area contributed by atoms with E-state index in [1.165, 1.54) is 0 Å². The first-order valence-corrected chi connectivity index (χ1v) is 5.63. The highest BCUT2D eigenvalue weighted by Gasteiger charge is 2.43. The number of carbonyl (C=O) groups excluding carboxylic acids is 1. The Balaban J connectivity index is 1.97. The summed E-state index contributed by atoms with van der Waals surface area (Å²) in [6.45, 7) is 3.71. The molecule has 0 saturated carbocycles. The first-order valence-electron chi connectivity index (χ1n) is 5.63. The Kier molecular flexibility index (Phi) is 2.88. The van der Waals surface area contributed by atoms with Crippen molar-refractivity contribution in [2.75, 3.05) is 26.3 Å². The van der Waals surface area contributed by atoms with Gasteiger partial charge in [-0.2, -0.15) is 0 Å². The number of hydrogen-bond acceptors (Lipinski definition) is 3. The topological polar surface area (TPSA) is 66.8 Å². The number of aliphatic carboxylic acids is 1. The number of rotatable bonds is 2. The van der Waals surface area contributed by atoms with Crippen molar-refractivity contribution in [2.45, 2.75) is 19.8 Å². The van der Waals surface area contributed by atoms with E-state index < -0.39 is 11.4 Å². The monoisotopic (exact) mass is 227 g/mol. The zero-order valence-electron chi connectivity index (χ0n) is 9.44. The maximum absolute atomic E-state index is 12.0. The summed E-state index contributed by atoms with van der Waals surface area (Å²) in [5.41, 5.74) is -0.769. The number of nitrogens with zero attached hydrogens (tertiary/aromatic N) is 1. The first-order chi connectivity index (χ1) is 7.53. The van der Waals surface area contributed by atoms with Gasteiger partial charge in [0.1, 0.15) is 0 Å². The molecule has 90 valence electrons. The number of ether oxygens (including phenoxy) is 1. The highest BCUT2D eigenvalue weighted by Crippen LogP contribution is 2.31. The van der Waals surface area contributed by atoms with E-state index in [9.17, 15) is 9.59 Å². The fourth-order valence-corrected chi connectivity index (χ4v) is 2.31. The van der Waals surface area contributed by atoms with Crippen molar-refractivity contribution in [3.63, 3.8) is 0 Å². The number of carbonyl (C=O) groups is 2. The van der Waals surface area contributed by atoms with Gasteiger partial charge in [-0.1, -0.05) is 0 Å². The van der Waals surface area contributed by atoms with Crippen molar-refractivity contribution in [2.24, 2.45) is 11.3 Å². The standard InChI is InChI=1S/C11H17NO4/c1-11(10(14)15)3-4-12(7-11)9(13)8-2-5-16-6-8/h8H,2-7H2,1H3,(H,14,15). The average Bonchev–Trinajstić information content (AvgIpc) is 2.85. The van der Waals surface area contributed by atoms with Crippen LogP contribution in [-0.2, 0) is 14.3 Å². The van der Waals surface area contributed by atoms with Gasteiger partial charge in [-0.25, -0.2) is 0 Å². The van der Waals surface area contributed by atoms with Gasteiger partial charge in [0.2, 0.25) is 5.91 Å². The molecule has 0 aromatic rings. The van der Waals surface area contributed by atoms with Crippen molar-refractivity contribution in [1.82, 2.24) is 4.90 Å². The van der Waals surface area contributed by atoms with Crippen LogP contribution in [0, 0.1) is 11.3 Å². The van der Waals surface area contributed by atoms with Crippen LogP contribution in [0.1, 0.15) is 19.8 Å². The average molecular weight is 227 g/mol. The Bertz CT molecular complexity index is 311. The maximum Gasteiger partial charge on any atom is 0.311 e. The lowest BCUT2D eigenvalue weighted by atomic mass is 9.90. The second kappa shape index (κ2) is 4.05. The minimum absolute atomic E-state index is 0.0578. The summed E-state index contributed by atoms with van der Waals surface area (Å²) in [5.74, 6) is -0.816. The van der Waals surface area contributed by atoms with Gasteiger partial charge >= 0.3 is 5.97 Å². The number of carboxylic acids is 1. The molecule has 0 spiro atoms. The van der Waals surface area contributed by atoms with E-state index in [1.807, 2.05) is 0 Å². The van der Waals surface area contributed by atoms with Crippen molar-refractivity contribution < 1.29 is 19.4 Å². The Hall–Kier alpha value is -1.10. The summed E-state index contributed by atoms with van der Waals surface area (Å²) >= 11 is 0. The van der Waals surface area contributed by atoms with E-state index in [0.29, 0.717) is 32.7 Å². The molecule has 5 nitrogen and oxygen atoms in total. The molecular formula is C11H17NO4. The summed E-state index contributed by atoms with van der Waals surface area (Å²) in [5, 5.41) is 9.07. The van der Waals surface area contributed by atoms with E-state index in [1.54, 1.807) is 11.8 Å². The molecule has 2 heterocycles. The molecular weight excluding hydrogens is 210 g/mol. The van der Waals surface area contributed by atoms with Crippen LogP contribution in [0.3, 0.4) is 0 Å². The summed E-state index contributed by atoms with van der Waals surface area (Å²) in [4.78, 5) is 24.7. The first kappa shape index (κ1) is 11.4. The minimum Gasteiger partial charge on any atom is -0.481 e. The largest absolute Gasteiger partial charge is 0.481 e. The molecule has 1 N–H and O–H groups in total. The molecule has 0 aromatic heterocycles. The molecule has 2 aliphatic heterocycles. The molecule has 2 aliphatic rings. The molecule has 0 aromatic carbocycles. The molecule has 5 heteroatoms. The van der Waals surface area contributed by atoms with Crippen molar-refractivity contribution in [3.05, 3.63) is 0 Å². The fourth-order valence-electron chi connectivity index (χ4n) is 2.31. The molecule has 0 aliphatic carbocycles. The number of amides is 1. The molecule has 2 atom stereocenters. The predicted molar refractivity (Wildman–Crippen MR) is 55.9 cm³/mol. The van der Waals surface area contributed by atoms with Gasteiger partial charge in [0, 0.05) is 19.7 Å². The van der Waals surface area contributed by atoms with E-state index in [2.05, 4.69) is 0 Å². The van der Waals surface area contributed by atoms with Gasteiger partial charge < -0.3 is 14.7 Å². The lowest BCUT2D eigenvalue weighted by Gasteiger charge is -2.22. The van der Waals surface area contributed by atoms with Crippen LogP contribution in [0.15, 0.2) is 0 Å². The van der Waals surface area contributed by atoms with Gasteiger partial charge in [0.25, 0.3) is 0 Å². The molecule has 0 bridgehead atoms. The van der Waals surface area contributed by atoms with Crippen LogP contribution in [-0.4, -0.2) is 48.2 Å². The maximum atomic E-state index is 12.0. The number of carboxylic acid groups (broad SMARTS) is 1. The zero-order valence-corrected chi connectivity index (χ0v) is 9.44. The summed E-state index contributed by atoms with van der Waals surface area (Å²) in [6, 6.07) is 0. The van der Waals surface area contributed by atoms with E-state index in [4.69, 9.17) is 9.84 Å². The Morgan fingerprint density at radius 2 is 2.25 bits per heavy atom. The lowest BCUT2D eigenvalue weighted by Crippen LogP contribution is -2.38. The van der Waals surface area contributed by atoms with Crippen LogP contribution in [0.25, 0.3) is 0 Å². The Morgan fingerprint density at radius 3 is 2.75 bits per heavy atom. The smallest absolute Gasteiger partial charge is 0.311 e. The van der Waals surface area contributed by atoms with E-state index in [-0.39, 0.29) is 11.8 Å². The third-order valence-electron chi connectivity index (χ3n) is 3.58. The zero-order chi connectivity index (χ0) is 11.8. The Labute approximate surface area is 94.4 Å². The molecule has 2 unspecified atom stereocenters. The van der Waals surface area contributed by atoms with Crippen LogP contribution >= 0.6 is 0 Å². The van der Waals surface area contributed by atoms with E-state index in [0.717, 1.165) is 6.42 Å². The van der Waals surface area contributed by atoms with Crippen molar-refractivity contribution >= 4 is 11.9 Å². The van der Waals surface area contributed by atoms with E-state index >= 15 is 0 Å². The molecule has 2 saturated heterocycles. The second-order valence-electron chi connectivity index (χ2n) is 4.94. The SMILES string of the molecule is CC1(C(=O)O)CCN(C(=O)C2CCOC2)C1. The van der Waals surface area contributed by atoms with Crippen LogP contribution in [0.2, 0.25) is 0 Å². The summed E-state index contributed by atoms with van der Waals surface area (Å²) in [7, 11) is 0. The van der Waals surface area contributed by atoms with Gasteiger partial charge in [-0.05, 0) is 19.8 Å². The molecule has 2 rings (SSSR count). The van der Waals surface area contributed by atoms with Gasteiger partial charge in [0.15, 0.2) is 0 Å². The molecule has 1 amide bonds. The third-order valence-corrected chi connectivity index (χ3v) is 3.58. The Morgan fingerprint density at radius 1 is 1.50 bits per heavy atom. The number of hydrogen-bond donors (Lipinski definition) is 1. The summed E-state index contributed by atoms with van der Waals surface area (Å²) < 4.78 is 5.17. The lowest BCUT2D eigenvalue weighted by molar-refractivity contribution is -0.147. The third kappa shape index (κ3) is 1.91. The van der Waals surface area contributed by atoms with Gasteiger partial charge in [-0.3, -0.25) is 9.59 Å². The molecule has 2 fully saturated rings. The van der Waals surface area contributed by atoms with Crippen LogP contribution < -0.4 is 0 Å². The molecule has 16 heavy (non-hydrogen) atoms. The minimum atomic E-state index is -0.814. The molecule has 0 radical (unpaired) electrons. The summed E-state index contributed by atoms with van der Waals surface area (Å²) in [6.07, 6.45) is 1.31. The van der Waals surface area contributed by atoms with Crippen LogP contribution in [0.5, 0.6) is 0 Å². The van der Waals surface area contributed by atoms with Gasteiger partial charge in [-0.15, -0.1) is 0 Å². The van der Waals surface area contributed by atoms with Crippen molar-refractivity contribution in [3.8, 4) is 0 Å². The fraction of sp³-hybridized carbons (Fsp3) is 0.818. The highest BCUT2D eigenvalue weighted by molar-refractivity contribution is 5.82. The van der Waals surface area contributed by atoms with Crippen LogP contribution in [0.4, 0.5) is 0 Å². The highest BCUT2D eigenvalue weighted by atomic mass is 16.5. The normalized spacial score (nSPS) is 34.3. The van der Waals surface area contributed by atoms with Crippen molar-refractivity contribution in [1.29, 1.82) is 0 Å². The predicted octanol–water partition coefficient (Wildman–Crippen LogP) is 0.346. The second-order valence-corrected chi connectivity index (χ2v) is 4.94. The quantitative estimate of drug-likeness (QED) is 0.739.